The minimum Gasteiger partial charge on any atom is -0.479 e. The first-order valence-corrected chi connectivity index (χ1v) is 13.3. The van der Waals surface area contributed by atoms with Crippen LogP contribution in [0, 0.1) is 6.92 Å². The average Bonchev–Trinajstić information content (AvgIpc) is 3.48. The number of hydrogen-bond acceptors (Lipinski definition) is 6. The summed E-state index contributed by atoms with van der Waals surface area (Å²) >= 11 is 7.75. The molecular weight excluding hydrogens is 520 g/mol. The number of fused-ring (bicyclic) bond motifs is 1. The number of hydrogen-bond donors (Lipinski definition) is 1. The van der Waals surface area contributed by atoms with E-state index in [1.54, 1.807) is 35.9 Å². The Balaban J connectivity index is 1.77. The summed E-state index contributed by atoms with van der Waals surface area (Å²) in [6.07, 6.45) is 2.32. The summed E-state index contributed by atoms with van der Waals surface area (Å²) in [4.78, 5) is 26.5. The van der Waals surface area contributed by atoms with Crippen molar-refractivity contribution >= 4 is 39.9 Å². The Bertz CT molecular complexity index is 1640. The van der Waals surface area contributed by atoms with Gasteiger partial charge in [-0.25, -0.2) is 14.8 Å². The molecule has 4 aromatic heterocycles. The Kier molecular flexibility index (Phi) is 6.81. The van der Waals surface area contributed by atoms with Gasteiger partial charge in [0, 0.05) is 57.6 Å². The zero-order valence-electron chi connectivity index (χ0n) is 21.7. The molecule has 5 aromatic rings. The van der Waals surface area contributed by atoms with Gasteiger partial charge in [-0.2, -0.15) is 0 Å². The molecule has 1 aromatic carbocycles. The summed E-state index contributed by atoms with van der Waals surface area (Å²) in [6, 6.07) is 13.3. The molecule has 0 fully saturated rings. The van der Waals surface area contributed by atoms with Crippen LogP contribution in [0.3, 0.4) is 0 Å². The molecule has 0 unspecified atom stereocenters. The van der Waals surface area contributed by atoms with Crippen LogP contribution < -0.4 is 0 Å². The van der Waals surface area contributed by atoms with Crippen LogP contribution in [-0.2, 0) is 16.6 Å². The summed E-state index contributed by atoms with van der Waals surface area (Å²) in [6.45, 7) is 7.35. The second kappa shape index (κ2) is 9.94. The quantitative estimate of drug-likeness (QED) is 0.240. The van der Waals surface area contributed by atoms with Gasteiger partial charge in [-0.1, -0.05) is 23.7 Å². The van der Waals surface area contributed by atoms with E-state index in [4.69, 9.17) is 26.3 Å². The Hall–Kier alpha value is -3.59. The summed E-state index contributed by atoms with van der Waals surface area (Å²) < 4.78 is 8.08. The van der Waals surface area contributed by atoms with Gasteiger partial charge in [0.2, 0.25) is 0 Å². The third kappa shape index (κ3) is 4.95. The highest BCUT2D eigenvalue weighted by molar-refractivity contribution is 7.13. The van der Waals surface area contributed by atoms with Gasteiger partial charge in [0.05, 0.1) is 17.0 Å². The number of thiazole rings is 1. The first-order chi connectivity index (χ1) is 18.0. The molecule has 0 amide bonds. The maximum absolute atomic E-state index is 12.5. The molecule has 0 bridgehead atoms. The van der Waals surface area contributed by atoms with E-state index >= 15 is 0 Å². The molecular formula is C29H27ClN4O3S. The Morgan fingerprint density at radius 1 is 1.13 bits per heavy atom. The molecule has 38 heavy (non-hydrogen) atoms. The fourth-order valence-electron chi connectivity index (χ4n) is 4.55. The van der Waals surface area contributed by atoms with Crippen molar-refractivity contribution in [3.8, 4) is 33.1 Å². The zero-order valence-corrected chi connectivity index (χ0v) is 23.3. The lowest BCUT2D eigenvalue weighted by Crippen LogP contribution is -2.28. The number of rotatable bonds is 6. The first kappa shape index (κ1) is 26.0. The normalized spacial score (nSPS) is 12.7. The highest BCUT2D eigenvalue weighted by Crippen LogP contribution is 2.42. The zero-order chi connectivity index (χ0) is 27.2. The Morgan fingerprint density at radius 3 is 2.50 bits per heavy atom. The van der Waals surface area contributed by atoms with E-state index in [0.717, 1.165) is 44.1 Å². The third-order valence-electron chi connectivity index (χ3n) is 6.17. The van der Waals surface area contributed by atoms with E-state index in [9.17, 15) is 9.90 Å². The summed E-state index contributed by atoms with van der Waals surface area (Å²) in [5.74, 6) is -1.07. The smallest absolute Gasteiger partial charge is 0.337 e. The highest BCUT2D eigenvalue weighted by atomic mass is 35.5. The number of nitrogens with zero attached hydrogens (tertiary/aromatic N) is 4. The van der Waals surface area contributed by atoms with Crippen molar-refractivity contribution in [3.63, 3.8) is 0 Å². The van der Waals surface area contributed by atoms with Crippen molar-refractivity contribution in [2.75, 3.05) is 0 Å². The molecule has 7 nitrogen and oxygen atoms in total. The molecule has 5 rings (SSSR count). The molecule has 0 saturated heterocycles. The molecule has 1 N–H and O–H groups in total. The van der Waals surface area contributed by atoms with Crippen LogP contribution >= 0.6 is 22.9 Å². The summed E-state index contributed by atoms with van der Waals surface area (Å²) in [7, 11) is 1.94. The number of carboxylic acid groups (broad SMARTS) is 1. The maximum atomic E-state index is 12.5. The van der Waals surface area contributed by atoms with Gasteiger partial charge < -0.3 is 14.4 Å². The molecule has 0 aliphatic rings. The molecule has 0 radical (unpaired) electrons. The fraction of sp³-hybridized carbons (Fsp3) is 0.241. The molecule has 0 spiro atoms. The Labute approximate surface area is 229 Å². The van der Waals surface area contributed by atoms with Gasteiger partial charge in [-0.05, 0) is 63.6 Å². The van der Waals surface area contributed by atoms with Gasteiger partial charge in [0.1, 0.15) is 10.7 Å². The minimum atomic E-state index is -1.21. The topological polar surface area (TPSA) is 90.1 Å². The molecule has 0 aliphatic heterocycles. The average molecular weight is 547 g/mol. The number of benzene rings is 1. The highest BCUT2D eigenvalue weighted by Gasteiger charge is 2.33. The number of aliphatic carboxylic acids is 1. The van der Waals surface area contributed by atoms with Crippen molar-refractivity contribution in [2.45, 2.75) is 39.4 Å². The van der Waals surface area contributed by atoms with Crippen LogP contribution in [0.15, 0.2) is 60.2 Å². The monoisotopic (exact) mass is 546 g/mol. The second-order valence-electron chi connectivity index (χ2n) is 10.0. The number of aryl methyl sites for hydroxylation is 2. The standard InChI is InChI=1S/C29H27ClN4O3S/c1-16-23(25(28(35)36)37-29(2,3)4)24(17-8-10-19(30)11-9-17)20-13-22(34(5)26(20)32-16)21-15-38-27(33-21)18-7-6-12-31-14-18/h6-15,25H,1-5H3,(H,35,36)/t25-/m0/s1. The number of ether oxygens (including phenoxy) is 1. The van der Waals surface area contributed by atoms with Crippen LogP contribution in [0.1, 0.15) is 38.1 Å². The van der Waals surface area contributed by atoms with Gasteiger partial charge in [-0.15, -0.1) is 11.3 Å². The van der Waals surface area contributed by atoms with E-state index < -0.39 is 17.7 Å². The van der Waals surface area contributed by atoms with E-state index in [0.29, 0.717) is 16.3 Å². The van der Waals surface area contributed by atoms with Crippen LogP contribution in [-0.4, -0.2) is 36.2 Å². The van der Waals surface area contributed by atoms with Crippen LogP contribution in [0.5, 0.6) is 0 Å². The summed E-state index contributed by atoms with van der Waals surface area (Å²) in [5, 5.41) is 14.5. The molecule has 0 aliphatic carbocycles. The van der Waals surface area contributed by atoms with Crippen molar-refractivity contribution in [1.82, 2.24) is 19.5 Å². The summed E-state index contributed by atoms with van der Waals surface area (Å²) in [5.41, 5.74) is 5.35. The van der Waals surface area contributed by atoms with Gasteiger partial charge in [-0.3, -0.25) is 4.98 Å². The van der Waals surface area contributed by atoms with Crippen LogP contribution in [0.2, 0.25) is 5.02 Å². The van der Waals surface area contributed by atoms with E-state index in [1.807, 2.05) is 75.0 Å². The number of carboxylic acids is 1. The number of carbonyl (C=O) groups is 1. The van der Waals surface area contributed by atoms with Crippen molar-refractivity contribution in [3.05, 3.63) is 76.5 Å². The largest absolute Gasteiger partial charge is 0.479 e. The van der Waals surface area contributed by atoms with Gasteiger partial charge in [0.15, 0.2) is 6.10 Å². The number of halogens is 1. The van der Waals surface area contributed by atoms with Crippen LogP contribution in [0.4, 0.5) is 0 Å². The van der Waals surface area contributed by atoms with E-state index in [1.165, 1.54) is 0 Å². The minimum absolute atomic E-state index is 0.522. The second-order valence-corrected chi connectivity index (χ2v) is 11.3. The fourth-order valence-corrected chi connectivity index (χ4v) is 5.48. The predicted molar refractivity (Wildman–Crippen MR) is 151 cm³/mol. The molecule has 194 valence electrons. The molecule has 4 heterocycles. The van der Waals surface area contributed by atoms with Crippen LogP contribution in [0.25, 0.3) is 44.1 Å². The number of pyridine rings is 2. The molecule has 9 heteroatoms. The third-order valence-corrected chi connectivity index (χ3v) is 7.31. The lowest BCUT2D eigenvalue weighted by Gasteiger charge is -2.27. The predicted octanol–water partition coefficient (Wildman–Crippen LogP) is 7.33. The van der Waals surface area contributed by atoms with Crippen molar-refractivity contribution in [2.24, 2.45) is 7.05 Å². The lowest BCUT2D eigenvalue weighted by atomic mass is 9.92. The van der Waals surface area contributed by atoms with Crippen molar-refractivity contribution in [1.29, 1.82) is 0 Å². The van der Waals surface area contributed by atoms with E-state index in [2.05, 4.69) is 4.98 Å². The molecule has 1 atom stereocenters. The van der Waals surface area contributed by atoms with Crippen molar-refractivity contribution < 1.29 is 14.6 Å². The Morgan fingerprint density at radius 2 is 1.87 bits per heavy atom. The van der Waals surface area contributed by atoms with Gasteiger partial charge in [0.25, 0.3) is 0 Å². The SMILES string of the molecule is Cc1nc2c(cc(-c3csc(-c4cccnc4)n3)n2C)c(-c2ccc(Cl)cc2)c1[C@H](OC(C)(C)C)C(=O)O. The number of aromatic nitrogens is 4. The molecule has 0 saturated carbocycles. The first-order valence-electron chi connectivity index (χ1n) is 12.1. The maximum Gasteiger partial charge on any atom is 0.337 e. The van der Waals surface area contributed by atoms with E-state index in [-0.39, 0.29) is 0 Å². The lowest BCUT2D eigenvalue weighted by molar-refractivity contribution is -0.160. The van der Waals surface area contributed by atoms with Gasteiger partial charge >= 0.3 is 5.97 Å².